The lowest BCUT2D eigenvalue weighted by molar-refractivity contribution is 0.0599. The van der Waals surface area contributed by atoms with Gasteiger partial charge in [0.05, 0.1) is 12.9 Å². The molecule has 2 aromatic rings. The number of thioether (sulfide) groups is 1. The molecule has 1 aliphatic carbocycles. The number of hydrogen-bond donors (Lipinski definition) is 0. The molecule has 0 amide bonds. The Kier molecular flexibility index (Phi) is 4.24. The van der Waals surface area contributed by atoms with Crippen LogP contribution in [-0.4, -0.2) is 27.8 Å². The first-order valence-electron chi connectivity index (χ1n) is 7.37. The quantitative estimate of drug-likeness (QED) is 0.601. The van der Waals surface area contributed by atoms with Crippen LogP contribution >= 0.6 is 11.8 Å². The van der Waals surface area contributed by atoms with E-state index < -0.39 is 0 Å². The Morgan fingerprint density at radius 3 is 2.91 bits per heavy atom. The highest BCUT2D eigenvalue weighted by Gasteiger charge is 2.30. The van der Waals surface area contributed by atoms with Gasteiger partial charge in [-0.2, -0.15) is 0 Å². The molecule has 22 heavy (non-hydrogen) atoms. The number of aromatic nitrogens is 3. The number of aryl methyl sites for hydroxylation is 1. The van der Waals surface area contributed by atoms with Gasteiger partial charge in [-0.15, -0.1) is 10.2 Å². The van der Waals surface area contributed by atoms with Crippen LogP contribution in [0.1, 0.15) is 53.4 Å². The predicted octanol–water partition coefficient (Wildman–Crippen LogP) is 3.16. The standard InChI is InChI=1S/C15H19N3O3S/c1-4-18-13(10-5-6-10)16-17-15(18)22-8-11-7-12(9(2)21-11)14(19)20-3/h7,10H,4-6,8H2,1-3H3. The van der Waals surface area contributed by atoms with Crippen LogP contribution in [0.2, 0.25) is 0 Å². The third-order valence-corrected chi connectivity index (χ3v) is 4.71. The minimum absolute atomic E-state index is 0.370. The first kappa shape index (κ1) is 15.1. The summed E-state index contributed by atoms with van der Waals surface area (Å²) in [6.45, 7) is 4.73. The number of carbonyl (C=O) groups excluding carboxylic acids is 1. The number of rotatable bonds is 6. The van der Waals surface area contributed by atoms with Crippen LogP contribution in [0.15, 0.2) is 15.6 Å². The Morgan fingerprint density at radius 1 is 1.50 bits per heavy atom. The molecule has 0 bridgehead atoms. The number of hydrogen-bond acceptors (Lipinski definition) is 6. The molecular weight excluding hydrogens is 302 g/mol. The highest BCUT2D eigenvalue weighted by atomic mass is 32.2. The Labute approximate surface area is 133 Å². The lowest BCUT2D eigenvalue weighted by Crippen LogP contribution is -2.02. The third-order valence-electron chi connectivity index (χ3n) is 3.72. The van der Waals surface area contributed by atoms with E-state index >= 15 is 0 Å². The van der Waals surface area contributed by atoms with Gasteiger partial charge in [0.1, 0.15) is 22.9 Å². The second-order valence-electron chi connectivity index (χ2n) is 5.32. The molecule has 2 heterocycles. The molecule has 2 aromatic heterocycles. The number of furan rings is 1. The molecule has 0 N–H and O–H groups in total. The third kappa shape index (κ3) is 2.90. The largest absolute Gasteiger partial charge is 0.465 e. The van der Waals surface area contributed by atoms with Crippen LogP contribution in [0.3, 0.4) is 0 Å². The molecule has 0 saturated heterocycles. The van der Waals surface area contributed by atoms with E-state index in [-0.39, 0.29) is 5.97 Å². The normalized spacial score (nSPS) is 14.3. The van der Waals surface area contributed by atoms with Crippen molar-refractivity contribution in [1.82, 2.24) is 14.8 Å². The van der Waals surface area contributed by atoms with Gasteiger partial charge in [0.15, 0.2) is 5.16 Å². The van der Waals surface area contributed by atoms with Crippen molar-refractivity contribution < 1.29 is 13.9 Å². The molecule has 0 radical (unpaired) electrons. The Bertz CT molecular complexity index is 688. The van der Waals surface area contributed by atoms with E-state index in [1.807, 2.05) is 0 Å². The zero-order chi connectivity index (χ0) is 15.7. The highest BCUT2D eigenvalue weighted by Crippen LogP contribution is 2.40. The minimum atomic E-state index is -0.370. The van der Waals surface area contributed by atoms with Gasteiger partial charge < -0.3 is 13.7 Å². The Balaban J connectivity index is 1.71. The second-order valence-corrected chi connectivity index (χ2v) is 6.26. The SMILES string of the molecule is CCn1c(SCc2cc(C(=O)OC)c(C)o2)nnc1C1CC1. The number of carbonyl (C=O) groups is 1. The number of esters is 1. The number of methoxy groups -OCH3 is 1. The van der Waals surface area contributed by atoms with E-state index in [1.165, 1.54) is 20.0 Å². The van der Waals surface area contributed by atoms with E-state index in [9.17, 15) is 4.79 Å². The van der Waals surface area contributed by atoms with Gasteiger partial charge in [-0.1, -0.05) is 11.8 Å². The molecule has 6 nitrogen and oxygen atoms in total. The molecule has 1 saturated carbocycles. The van der Waals surface area contributed by atoms with Crippen molar-refractivity contribution in [2.75, 3.05) is 7.11 Å². The van der Waals surface area contributed by atoms with Gasteiger partial charge in [0.2, 0.25) is 0 Å². The molecule has 0 atom stereocenters. The van der Waals surface area contributed by atoms with E-state index in [2.05, 4.69) is 21.7 Å². The zero-order valence-corrected chi connectivity index (χ0v) is 13.8. The summed E-state index contributed by atoms with van der Waals surface area (Å²) in [7, 11) is 1.37. The second kappa shape index (κ2) is 6.16. The molecule has 1 fully saturated rings. The summed E-state index contributed by atoms with van der Waals surface area (Å²) in [6.07, 6.45) is 2.42. The van der Waals surface area contributed by atoms with Crippen molar-refractivity contribution in [2.45, 2.75) is 50.1 Å². The van der Waals surface area contributed by atoms with E-state index in [0.29, 0.717) is 23.0 Å². The van der Waals surface area contributed by atoms with Gasteiger partial charge in [-0.25, -0.2) is 4.79 Å². The van der Waals surface area contributed by atoms with Crippen molar-refractivity contribution in [1.29, 1.82) is 0 Å². The summed E-state index contributed by atoms with van der Waals surface area (Å²) < 4.78 is 12.5. The van der Waals surface area contributed by atoms with Crippen molar-refractivity contribution in [3.05, 3.63) is 29.0 Å². The molecule has 118 valence electrons. The summed E-state index contributed by atoms with van der Waals surface area (Å²) >= 11 is 1.58. The molecule has 3 rings (SSSR count). The minimum Gasteiger partial charge on any atom is -0.465 e. The van der Waals surface area contributed by atoms with Crippen LogP contribution in [0, 0.1) is 6.92 Å². The average molecular weight is 321 g/mol. The van der Waals surface area contributed by atoms with Crippen LogP contribution in [0.5, 0.6) is 0 Å². The van der Waals surface area contributed by atoms with Crippen molar-refractivity contribution >= 4 is 17.7 Å². The Morgan fingerprint density at radius 2 is 2.27 bits per heavy atom. The highest BCUT2D eigenvalue weighted by molar-refractivity contribution is 7.98. The van der Waals surface area contributed by atoms with Crippen LogP contribution in [-0.2, 0) is 17.0 Å². The summed E-state index contributed by atoms with van der Waals surface area (Å²) in [5.41, 5.74) is 0.480. The molecule has 0 spiro atoms. The van der Waals surface area contributed by atoms with Crippen molar-refractivity contribution in [3.8, 4) is 0 Å². The molecular formula is C15H19N3O3S. The summed E-state index contributed by atoms with van der Waals surface area (Å²) in [5, 5.41) is 9.50. The summed E-state index contributed by atoms with van der Waals surface area (Å²) in [6, 6.07) is 1.74. The van der Waals surface area contributed by atoms with E-state index in [0.717, 1.165) is 23.3 Å². The van der Waals surface area contributed by atoms with Gasteiger partial charge in [0, 0.05) is 12.5 Å². The maximum Gasteiger partial charge on any atom is 0.341 e. The van der Waals surface area contributed by atoms with Crippen molar-refractivity contribution in [2.24, 2.45) is 0 Å². The van der Waals surface area contributed by atoms with Gasteiger partial charge >= 0.3 is 5.97 Å². The molecule has 1 aliphatic rings. The van der Waals surface area contributed by atoms with Gasteiger partial charge in [0.25, 0.3) is 0 Å². The van der Waals surface area contributed by atoms with Crippen LogP contribution in [0.4, 0.5) is 0 Å². The maximum atomic E-state index is 11.6. The molecule has 0 aliphatic heterocycles. The summed E-state index contributed by atoms with van der Waals surface area (Å²) in [5.74, 6) is 3.24. The van der Waals surface area contributed by atoms with E-state index in [1.54, 1.807) is 24.8 Å². The lowest BCUT2D eigenvalue weighted by atomic mass is 10.2. The fraction of sp³-hybridized carbons (Fsp3) is 0.533. The molecule has 7 heteroatoms. The zero-order valence-electron chi connectivity index (χ0n) is 13.0. The predicted molar refractivity (Wildman–Crippen MR) is 82.0 cm³/mol. The van der Waals surface area contributed by atoms with Gasteiger partial charge in [-0.3, -0.25) is 0 Å². The van der Waals surface area contributed by atoms with Crippen LogP contribution < -0.4 is 0 Å². The maximum absolute atomic E-state index is 11.6. The fourth-order valence-electron chi connectivity index (χ4n) is 2.41. The summed E-state index contributed by atoms with van der Waals surface area (Å²) in [4.78, 5) is 11.6. The van der Waals surface area contributed by atoms with Gasteiger partial charge in [-0.05, 0) is 32.8 Å². The smallest absolute Gasteiger partial charge is 0.341 e. The monoisotopic (exact) mass is 321 g/mol. The lowest BCUT2D eigenvalue weighted by Gasteiger charge is -2.05. The molecule has 0 unspecified atom stereocenters. The van der Waals surface area contributed by atoms with Crippen LogP contribution in [0.25, 0.3) is 0 Å². The van der Waals surface area contributed by atoms with Crippen molar-refractivity contribution in [3.63, 3.8) is 0 Å². The Hall–Kier alpha value is -1.76. The number of nitrogens with zero attached hydrogens (tertiary/aromatic N) is 3. The van der Waals surface area contributed by atoms with E-state index in [4.69, 9.17) is 9.15 Å². The fourth-order valence-corrected chi connectivity index (χ4v) is 3.30. The first-order valence-corrected chi connectivity index (χ1v) is 8.36. The topological polar surface area (TPSA) is 70.2 Å². The average Bonchev–Trinajstić information content (AvgIpc) is 3.18. The first-order chi connectivity index (χ1) is 10.6. The number of ether oxygens (including phenoxy) is 1. The molecule has 0 aromatic carbocycles.